The fraction of sp³-hybridized carbons (Fsp3) is 0.643. The van der Waals surface area contributed by atoms with Crippen LogP contribution in [0.15, 0.2) is 18.5 Å². The number of pyridine rings is 1. The highest BCUT2D eigenvalue weighted by Gasteiger charge is 2.18. The van der Waals surface area contributed by atoms with Crippen molar-refractivity contribution in [1.82, 2.24) is 4.98 Å². The molecule has 0 saturated heterocycles. The molecule has 1 unspecified atom stereocenters. The molecule has 2 nitrogen and oxygen atoms in total. The average Bonchev–Trinajstić information content (AvgIpc) is 2.58. The van der Waals surface area contributed by atoms with Gasteiger partial charge in [0.2, 0.25) is 0 Å². The molecular formula is C14H21FN2. The molecule has 1 atom stereocenters. The quantitative estimate of drug-likeness (QED) is 0.815. The molecule has 2 rings (SSSR count). The number of aromatic nitrogens is 1. The van der Waals surface area contributed by atoms with Crippen LogP contribution in [0, 0.1) is 11.7 Å². The Hall–Kier alpha value is -0.960. The standard InChI is InChI=1S/C14H21FN2/c15-13-10-17-8-7-12(13)14(16)9-11-5-3-1-2-4-6-11/h7-8,10-11,14H,1-6,9,16H2. The highest BCUT2D eigenvalue weighted by Crippen LogP contribution is 2.30. The predicted octanol–water partition coefficient (Wildman–Crippen LogP) is 3.58. The molecule has 1 aromatic rings. The van der Waals surface area contributed by atoms with Gasteiger partial charge < -0.3 is 5.73 Å². The van der Waals surface area contributed by atoms with Crippen LogP contribution < -0.4 is 5.73 Å². The second kappa shape index (κ2) is 6.10. The number of hydrogen-bond donors (Lipinski definition) is 1. The van der Waals surface area contributed by atoms with Gasteiger partial charge in [0.25, 0.3) is 0 Å². The van der Waals surface area contributed by atoms with Gasteiger partial charge in [-0.15, -0.1) is 0 Å². The van der Waals surface area contributed by atoms with E-state index in [0.717, 1.165) is 6.42 Å². The summed E-state index contributed by atoms with van der Waals surface area (Å²) in [4.78, 5) is 3.76. The zero-order chi connectivity index (χ0) is 12.1. The van der Waals surface area contributed by atoms with E-state index >= 15 is 0 Å². The molecule has 0 spiro atoms. The lowest BCUT2D eigenvalue weighted by molar-refractivity contribution is 0.387. The van der Waals surface area contributed by atoms with Gasteiger partial charge in [-0.05, 0) is 18.4 Å². The minimum atomic E-state index is -0.270. The van der Waals surface area contributed by atoms with Gasteiger partial charge in [-0.1, -0.05) is 38.5 Å². The third kappa shape index (κ3) is 3.50. The van der Waals surface area contributed by atoms with E-state index in [1.54, 1.807) is 12.3 Å². The van der Waals surface area contributed by atoms with E-state index in [2.05, 4.69) is 4.98 Å². The van der Waals surface area contributed by atoms with Crippen molar-refractivity contribution in [3.63, 3.8) is 0 Å². The molecule has 1 saturated carbocycles. The number of nitrogens with two attached hydrogens (primary N) is 1. The van der Waals surface area contributed by atoms with Crippen LogP contribution >= 0.6 is 0 Å². The first-order chi connectivity index (χ1) is 8.27. The summed E-state index contributed by atoms with van der Waals surface area (Å²) in [7, 11) is 0. The van der Waals surface area contributed by atoms with E-state index < -0.39 is 0 Å². The molecule has 1 aromatic heterocycles. The molecule has 0 amide bonds. The van der Waals surface area contributed by atoms with E-state index in [-0.39, 0.29) is 11.9 Å². The van der Waals surface area contributed by atoms with Crippen molar-refractivity contribution >= 4 is 0 Å². The lowest BCUT2D eigenvalue weighted by atomic mass is 9.90. The molecule has 0 bridgehead atoms. The van der Waals surface area contributed by atoms with Crippen molar-refractivity contribution in [2.24, 2.45) is 11.7 Å². The molecule has 94 valence electrons. The Kier molecular flexibility index (Phi) is 4.49. The van der Waals surface area contributed by atoms with Gasteiger partial charge in [-0.25, -0.2) is 4.39 Å². The summed E-state index contributed by atoms with van der Waals surface area (Å²) >= 11 is 0. The SMILES string of the molecule is NC(CC1CCCCCC1)c1ccncc1F. The smallest absolute Gasteiger partial charge is 0.146 e. The van der Waals surface area contributed by atoms with E-state index in [4.69, 9.17) is 5.73 Å². The highest BCUT2D eigenvalue weighted by atomic mass is 19.1. The fourth-order valence-electron chi connectivity index (χ4n) is 2.77. The van der Waals surface area contributed by atoms with Crippen LogP contribution in [0.25, 0.3) is 0 Å². The normalized spacial score (nSPS) is 19.9. The second-order valence-electron chi connectivity index (χ2n) is 5.10. The summed E-state index contributed by atoms with van der Waals surface area (Å²) in [5, 5.41) is 0. The molecule has 2 N–H and O–H groups in total. The summed E-state index contributed by atoms with van der Waals surface area (Å²) in [6.45, 7) is 0. The maximum absolute atomic E-state index is 13.5. The Morgan fingerprint density at radius 2 is 2.00 bits per heavy atom. The minimum Gasteiger partial charge on any atom is -0.324 e. The number of hydrogen-bond acceptors (Lipinski definition) is 2. The first kappa shape index (κ1) is 12.5. The first-order valence-electron chi connectivity index (χ1n) is 6.62. The van der Waals surface area contributed by atoms with E-state index in [0.29, 0.717) is 11.5 Å². The van der Waals surface area contributed by atoms with Gasteiger partial charge in [0.05, 0.1) is 6.20 Å². The lowest BCUT2D eigenvalue weighted by Crippen LogP contribution is -2.16. The number of nitrogens with zero attached hydrogens (tertiary/aromatic N) is 1. The second-order valence-corrected chi connectivity index (χ2v) is 5.10. The molecule has 1 aliphatic carbocycles. The molecular weight excluding hydrogens is 215 g/mol. The predicted molar refractivity (Wildman–Crippen MR) is 66.9 cm³/mol. The van der Waals surface area contributed by atoms with Crippen LogP contribution in [0.1, 0.15) is 56.6 Å². The third-order valence-corrected chi connectivity index (χ3v) is 3.77. The van der Waals surface area contributed by atoms with Crippen molar-refractivity contribution in [1.29, 1.82) is 0 Å². The van der Waals surface area contributed by atoms with E-state index in [9.17, 15) is 4.39 Å². The fourth-order valence-corrected chi connectivity index (χ4v) is 2.77. The van der Waals surface area contributed by atoms with Gasteiger partial charge in [0, 0.05) is 17.8 Å². The van der Waals surface area contributed by atoms with Crippen molar-refractivity contribution in [2.45, 2.75) is 51.0 Å². The van der Waals surface area contributed by atoms with Crippen molar-refractivity contribution < 1.29 is 4.39 Å². The van der Waals surface area contributed by atoms with E-state index in [1.165, 1.54) is 44.7 Å². The molecule has 0 aromatic carbocycles. The minimum absolute atomic E-state index is 0.180. The number of halogens is 1. The van der Waals surface area contributed by atoms with E-state index in [1.807, 2.05) is 0 Å². The topological polar surface area (TPSA) is 38.9 Å². The molecule has 1 fully saturated rings. The van der Waals surface area contributed by atoms with Gasteiger partial charge in [-0.3, -0.25) is 4.98 Å². The van der Waals surface area contributed by atoms with Crippen LogP contribution in [-0.2, 0) is 0 Å². The zero-order valence-corrected chi connectivity index (χ0v) is 10.2. The molecule has 1 aliphatic rings. The Morgan fingerprint density at radius 1 is 1.29 bits per heavy atom. The van der Waals surface area contributed by atoms with Gasteiger partial charge >= 0.3 is 0 Å². The Bertz CT molecular complexity index is 346. The van der Waals surface area contributed by atoms with Crippen molar-refractivity contribution in [2.75, 3.05) is 0 Å². The van der Waals surface area contributed by atoms with Crippen molar-refractivity contribution in [3.05, 3.63) is 29.8 Å². The Labute approximate surface area is 102 Å². The van der Waals surface area contributed by atoms with Crippen LogP contribution in [-0.4, -0.2) is 4.98 Å². The molecule has 1 heterocycles. The van der Waals surface area contributed by atoms with Gasteiger partial charge in [0.15, 0.2) is 0 Å². The summed E-state index contributed by atoms with van der Waals surface area (Å²) in [6, 6.07) is 1.53. The summed E-state index contributed by atoms with van der Waals surface area (Å²) in [6.07, 6.45) is 11.6. The van der Waals surface area contributed by atoms with Gasteiger partial charge in [-0.2, -0.15) is 0 Å². The Balaban J connectivity index is 1.96. The third-order valence-electron chi connectivity index (χ3n) is 3.77. The van der Waals surface area contributed by atoms with Crippen molar-refractivity contribution in [3.8, 4) is 0 Å². The van der Waals surface area contributed by atoms with Gasteiger partial charge in [0.1, 0.15) is 5.82 Å². The maximum Gasteiger partial charge on any atom is 0.146 e. The molecule has 0 radical (unpaired) electrons. The maximum atomic E-state index is 13.5. The lowest BCUT2D eigenvalue weighted by Gasteiger charge is -2.19. The zero-order valence-electron chi connectivity index (χ0n) is 10.2. The average molecular weight is 236 g/mol. The molecule has 3 heteroatoms. The largest absolute Gasteiger partial charge is 0.324 e. The van der Waals surface area contributed by atoms with Crippen LogP contribution in [0.5, 0.6) is 0 Å². The summed E-state index contributed by atoms with van der Waals surface area (Å²) < 4.78 is 13.5. The number of rotatable bonds is 3. The Morgan fingerprint density at radius 3 is 2.65 bits per heavy atom. The summed E-state index contributed by atoms with van der Waals surface area (Å²) in [5.41, 5.74) is 6.72. The summed E-state index contributed by atoms with van der Waals surface area (Å²) in [5.74, 6) is 0.397. The molecule has 0 aliphatic heterocycles. The monoisotopic (exact) mass is 236 g/mol. The van der Waals surface area contributed by atoms with Crippen LogP contribution in [0.2, 0.25) is 0 Å². The first-order valence-corrected chi connectivity index (χ1v) is 6.62. The molecule has 17 heavy (non-hydrogen) atoms. The van der Waals surface area contributed by atoms with Crippen LogP contribution in [0.3, 0.4) is 0 Å². The highest BCUT2D eigenvalue weighted by molar-refractivity contribution is 5.16. The van der Waals surface area contributed by atoms with Crippen LogP contribution in [0.4, 0.5) is 4.39 Å².